The van der Waals surface area contributed by atoms with Crippen LogP contribution in [0, 0.1) is 0 Å². The predicted octanol–water partition coefficient (Wildman–Crippen LogP) is 3.23. The standard InChI is InChI=1S/C16H17NO3/c1-12(18)17-14-8-9-15(19-2)16(10-14)20-11-13-6-4-3-5-7-13/h3-10H,11H2,1-2H3,(H,17,18). The maximum Gasteiger partial charge on any atom is 0.221 e. The van der Waals surface area contributed by atoms with Gasteiger partial charge in [0.1, 0.15) is 6.61 Å². The van der Waals surface area contributed by atoms with Crippen LogP contribution < -0.4 is 14.8 Å². The Balaban J connectivity index is 2.13. The monoisotopic (exact) mass is 271 g/mol. The van der Waals surface area contributed by atoms with Crippen molar-refractivity contribution in [2.45, 2.75) is 13.5 Å². The minimum absolute atomic E-state index is 0.121. The minimum atomic E-state index is -0.121. The first-order valence-electron chi connectivity index (χ1n) is 6.31. The first-order chi connectivity index (χ1) is 9.69. The number of hydrogen-bond donors (Lipinski definition) is 1. The fraction of sp³-hybridized carbons (Fsp3) is 0.188. The summed E-state index contributed by atoms with van der Waals surface area (Å²) in [5.74, 6) is 1.11. The number of methoxy groups -OCH3 is 1. The highest BCUT2D eigenvalue weighted by atomic mass is 16.5. The Morgan fingerprint density at radius 1 is 1.10 bits per heavy atom. The van der Waals surface area contributed by atoms with E-state index in [9.17, 15) is 4.79 Å². The molecule has 2 aromatic rings. The fourth-order valence-corrected chi connectivity index (χ4v) is 1.81. The van der Waals surface area contributed by atoms with Crippen molar-refractivity contribution in [2.75, 3.05) is 12.4 Å². The molecule has 0 fully saturated rings. The van der Waals surface area contributed by atoms with E-state index in [1.165, 1.54) is 6.92 Å². The maximum atomic E-state index is 11.1. The molecule has 0 aromatic heterocycles. The van der Waals surface area contributed by atoms with Crippen LogP contribution in [0.1, 0.15) is 12.5 Å². The average Bonchev–Trinajstić information content (AvgIpc) is 2.46. The molecule has 1 amide bonds. The van der Waals surface area contributed by atoms with Gasteiger partial charge in [0.15, 0.2) is 11.5 Å². The van der Waals surface area contributed by atoms with Crippen molar-refractivity contribution < 1.29 is 14.3 Å². The van der Waals surface area contributed by atoms with E-state index in [1.54, 1.807) is 25.3 Å². The van der Waals surface area contributed by atoms with Gasteiger partial charge < -0.3 is 14.8 Å². The lowest BCUT2D eigenvalue weighted by Crippen LogP contribution is -2.06. The molecule has 0 aliphatic carbocycles. The van der Waals surface area contributed by atoms with Gasteiger partial charge in [0.2, 0.25) is 5.91 Å². The van der Waals surface area contributed by atoms with Gasteiger partial charge in [-0.3, -0.25) is 4.79 Å². The number of hydrogen-bond acceptors (Lipinski definition) is 3. The highest BCUT2D eigenvalue weighted by Gasteiger charge is 2.07. The molecule has 2 aromatic carbocycles. The summed E-state index contributed by atoms with van der Waals surface area (Å²) < 4.78 is 11.0. The molecule has 0 atom stereocenters. The number of carbonyl (C=O) groups is 1. The van der Waals surface area contributed by atoms with Gasteiger partial charge in [0.05, 0.1) is 7.11 Å². The Kier molecular flexibility index (Phi) is 4.60. The fourth-order valence-electron chi connectivity index (χ4n) is 1.81. The van der Waals surface area contributed by atoms with Crippen LogP contribution in [0.3, 0.4) is 0 Å². The second-order valence-corrected chi connectivity index (χ2v) is 4.32. The molecule has 0 unspecified atom stereocenters. The Hall–Kier alpha value is -2.49. The molecule has 0 saturated heterocycles. The zero-order valence-electron chi connectivity index (χ0n) is 11.6. The van der Waals surface area contributed by atoms with Crippen LogP contribution in [0.15, 0.2) is 48.5 Å². The summed E-state index contributed by atoms with van der Waals surface area (Å²) in [4.78, 5) is 11.1. The molecule has 4 heteroatoms. The molecule has 0 heterocycles. The molecule has 0 aliphatic heterocycles. The van der Waals surface area contributed by atoms with E-state index < -0.39 is 0 Å². The van der Waals surface area contributed by atoms with E-state index in [-0.39, 0.29) is 5.91 Å². The minimum Gasteiger partial charge on any atom is -0.493 e. The lowest BCUT2D eigenvalue weighted by atomic mass is 10.2. The summed E-state index contributed by atoms with van der Waals surface area (Å²) in [7, 11) is 1.59. The first-order valence-corrected chi connectivity index (χ1v) is 6.31. The van der Waals surface area contributed by atoms with E-state index >= 15 is 0 Å². The Bertz CT molecular complexity index is 582. The van der Waals surface area contributed by atoms with Gasteiger partial charge in [0, 0.05) is 18.7 Å². The van der Waals surface area contributed by atoms with Crippen LogP contribution in [0.2, 0.25) is 0 Å². The van der Waals surface area contributed by atoms with E-state index in [1.807, 2.05) is 30.3 Å². The van der Waals surface area contributed by atoms with Crippen LogP contribution >= 0.6 is 0 Å². The number of anilines is 1. The first kappa shape index (κ1) is 13.9. The number of amides is 1. The third-order valence-corrected chi connectivity index (χ3v) is 2.72. The van der Waals surface area contributed by atoms with Crippen LogP contribution in [0.5, 0.6) is 11.5 Å². The molecule has 0 saturated carbocycles. The molecule has 0 aliphatic rings. The molecular weight excluding hydrogens is 254 g/mol. The Morgan fingerprint density at radius 3 is 2.50 bits per heavy atom. The third kappa shape index (κ3) is 3.75. The van der Waals surface area contributed by atoms with Gasteiger partial charge in [-0.25, -0.2) is 0 Å². The Morgan fingerprint density at radius 2 is 1.85 bits per heavy atom. The number of nitrogens with one attached hydrogen (secondary N) is 1. The Labute approximate surface area is 118 Å². The second-order valence-electron chi connectivity index (χ2n) is 4.32. The van der Waals surface area contributed by atoms with Crippen molar-refractivity contribution in [2.24, 2.45) is 0 Å². The van der Waals surface area contributed by atoms with Crippen molar-refractivity contribution in [1.29, 1.82) is 0 Å². The molecular formula is C16H17NO3. The lowest BCUT2D eigenvalue weighted by Gasteiger charge is -2.12. The number of benzene rings is 2. The molecule has 2 rings (SSSR count). The van der Waals surface area contributed by atoms with Crippen LogP contribution in [-0.2, 0) is 11.4 Å². The van der Waals surface area contributed by atoms with Gasteiger partial charge in [-0.15, -0.1) is 0 Å². The zero-order valence-corrected chi connectivity index (χ0v) is 11.6. The number of carbonyl (C=O) groups excluding carboxylic acids is 1. The van der Waals surface area contributed by atoms with E-state index in [4.69, 9.17) is 9.47 Å². The topological polar surface area (TPSA) is 47.6 Å². The van der Waals surface area contributed by atoms with Crippen molar-refractivity contribution in [3.05, 3.63) is 54.1 Å². The molecule has 1 N–H and O–H groups in total. The van der Waals surface area contributed by atoms with E-state index in [0.29, 0.717) is 23.8 Å². The van der Waals surface area contributed by atoms with Crippen LogP contribution in [0.4, 0.5) is 5.69 Å². The summed E-state index contributed by atoms with van der Waals surface area (Å²) in [6.07, 6.45) is 0. The molecule has 0 spiro atoms. The summed E-state index contributed by atoms with van der Waals surface area (Å²) in [6.45, 7) is 1.91. The van der Waals surface area contributed by atoms with Crippen molar-refractivity contribution in [1.82, 2.24) is 0 Å². The number of rotatable bonds is 5. The third-order valence-electron chi connectivity index (χ3n) is 2.72. The molecule has 104 valence electrons. The van der Waals surface area contributed by atoms with Gasteiger partial charge in [-0.1, -0.05) is 30.3 Å². The summed E-state index contributed by atoms with van der Waals surface area (Å²) in [5.41, 5.74) is 1.75. The van der Waals surface area contributed by atoms with Crippen molar-refractivity contribution in [3.8, 4) is 11.5 Å². The van der Waals surface area contributed by atoms with E-state index in [2.05, 4.69) is 5.32 Å². The highest BCUT2D eigenvalue weighted by molar-refractivity contribution is 5.89. The highest BCUT2D eigenvalue weighted by Crippen LogP contribution is 2.30. The van der Waals surface area contributed by atoms with Gasteiger partial charge in [-0.05, 0) is 17.7 Å². The summed E-state index contributed by atoms with van der Waals surface area (Å²) in [6, 6.07) is 15.2. The molecule has 4 nitrogen and oxygen atoms in total. The lowest BCUT2D eigenvalue weighted by molar-refractivity contribution is -0.114. The molecule has 0 bridgehead atoms. The zero-order chi connectivity index (χ0) is 14.4. The molecule has 20 heavy (non-hydrogen) atoms. The predicted molar refractivity (Wildman–Crippen MR) is 78.1 cm³/mol. The summed E-state index contributed by atoms with van der Waals surface area (Å²) >= 11 is 0. The SMILES string of the molecule is COc1ccc(NC(C)=O)cc1OCc1ccccc1. The largest absolute Gasteiger partial charge is 0.493 e. The van der Waals surface area contributed by atoms with E-state index in [0.717, 1.165) is 5.56 Å². The van der Waals surface area contributed by atoms with Gasteiger partial charge in [0.25, 0.3) is 0 Å². The smallest absolute Gasteiger partial charge is 0.221 e. The van der Waals surface area contributed by atoms with Crippen LogP contribution in [-0.4, -0.2) is 13.0 Å². The van der Waals surface area contributed by atoms with Gasteiger partial charge >= 0.3 is 0 Å². The normalized spacial score (nSPS) is 9.90. The van der Waals surface area contributed by atoms with Crippen molar-refractivity contribution in [3.63, 3.8) is 0 Å². The molecule has 0 radical (unpaired) electrons. The maximum absolute atomic E-state index is 11.1. The summed E-state index contributed by atoms with van der Waals surface area (Å²) in [5, 5.41) is 2.72. The van der Waals surface area contributed by atoms with Crippen LogP contribution in [0.25, 0.3) is 0 Å². The average molecular weight is 271 g/mol. The second kappa shape index (κ2) is 6.61. The van der Waals surface area contributed by atoms with Crippen molar-refractivity contribution >= 4 is 11.6 Å². The van der Waals surface area contributed by atoms with Gasteiger partial charge in [-0.2, -0.15) is 0 Å². The quantitative estimate of drug-likeness (QED) is 0.908. The number of ether oxygens (including phenoxy) is 2.